The number of carbonyl (C=O) groups is 2. The average Bonchev–Trinajstić information content (AvgIpc) is 2.86. The van der Waals surface area contributed by atoms with Crippen LogP contribution in [-0.2, 0) is 4.74 Å². The van der Waals surface area contributed by atoms with Gasteiger partial charge in [0, 0.05) is 39.0 Å². The van der Waals surface area contributed by atoms with Gasteiger partial charge in [-0.3, -0.25) is 9.69 Å². The van der Waals surface area contributed by atoms with Crippen molar-refractivity contribution in [3.05, 3.63) is 53.8 Å². The van der Waals surface area contributed by atoms with Crippen LogP contribution in [0.15, 0.2) is 42.5 Å². The molecule has 3 amide bonds. The highest BCUT2D eigenvalue weighted by molar-refractivity contribution is 6.02. The Balaban J connectivity index is 1.87. The molecule has 0 spiro atoms. The van der Waals surface area contributed by atoms with Crippen LogP contribution in [0, 0.1) is 11.7 Å². The van der Waals surface area contributed by atoms with E-state index in [0.717, 1.165) is 19.5 Å². The number of carbonyl (C=O) groups excluding carboxylic acids is 2. The minimum Gasteiger partial charge on any atom is -0.491 e. The molecular weight excluding hydrogens is 463 g/mol. The second kappa shape index (κ2) is 12.7. The minimum atomic E-state index is -0.618. The van der Waals surface area contributed by atoms with E-state index in [0.29, 0.717) is 30.2 Å². The van der Waals surface area contributed by atoms with E-state index in [2.05, 4.69) is 36.3 Å². The van der Waals surface area contributed by atoms with Crippen LogP contribution >= 0.6 is 0 Å². The summed E-state index contributed by atoms with van der Waals surface area (Å²) in [5.41, 5.74) is 0.779. The Bertz CT molecular complexity index is 1050. The highest BCUT2D eigenvalue weighted by Gasteiger charge is 2.28. The van der Waals surface area contributed by atoms with Crippen molar-refractivity contribution in [1.82, 2.24) is 9.80 Å². The number of halogens is 1. The van der Waals surface area contributed by atoms with Crippen molar-refractivity contribution in [3.63, 3.8) is 0 Å². The Labute approximate surface area is 212 Å². The number of urea groups is 1. The number of ether oxygens (including phenoxy) is 2. The van der Waals surface area contributed by atoms with Crippen LogP contribution in [0.25, 0.3) is 0 Å². The predicted octanol–water partition coefficient (Wildman–Crippen LogP) is 4.69. The molecule has 1 aliphatic heterocycles. The molecule has 2 N–H and O–H groups in total. The molecule has 0 unspecified atom stereocenters. The topological polar surface area (TPSA) is 83.1 Å². The zero-order chi connectivity index (χ0) is 26.2. The molecule has 1 heterocycles. The molecule has 0 saturated heterocycles. The molecule has 0 saturated carbocycles. The number of hydrogen-bond donors (Lipinski definition) is 2. The van der Waals surface area contributed by atoms with E-state index in [1.807, 2.05) is 0 Å². The van der Waals surface area contributed by atoms with Gasteiger partial charge in [-0.25, -0.2) is 9.18 Å². The third-order valence-corrected chi connectivity index (χ3v) is 6.46. The lowest BCUT2D eigenvalue weighted by Gasteiger charge is -2.35. The minimum absolute atomic E-state index is 0.0609. The number of methoxy groups -OCH3 is 1. The van der Waals surface area contributed by atoms with E-state index >= 15 is 0 Å². The normalized spacial score (nSPS) is 21.6. The maximum Gasteiger partial charge on any atom is 0.323 e. The van der Waals surface area contributed by atoms with Gasteiger partial charge in [-0.2, -0.15) is 0 Å². The van der Waals surface area contributed by atoms with Crippen molar-refractivity contribution in [2.45, 2.75) is 39.3 Å². The first-order valence-corrected chi connectivity index (χ1v) is 12.3. The quantitative estimate of drug-likeness (QED) is 0.623. The maximum atomic E-state index is 13.9. The Morgan fingerprint density at radius 1 is 1.17 bits per heavy atom. The first-order chi connectivity index (χ1) is 17.2. The van der Waals surface area contributed by atoms with E-state index in [1.54, 1.807) is 49.4 Å². The lowest BCUT2D eigenvalue weighted by Crippen LogP contribution is -2.46. The van der Waals surface area contributed by atoms with Crippen LogP contribution in [0.3, 0.4) is 0 Å². The van der Waals surface area contributed by atoms with Crippen LogP contribution in [-0.4, -0.2) is 74.3 Å². The largest absolute Gasteiger partial charge is 0.491 e. The SMILES string of the molecule is CCCN1C[C@H](C)[C@H](OC)CN(C)C(=O)c2cc(NC(=O)Nc3ccccc3F)ccc2OC[C@H]1C. The second-order valence-electron chi connectivity index (χ2n) is 9.36. The van der Waals surface area contributed by atoms with Gasteiger partial charge in [-0.1, -0.05) is 26.0 Å². The predicted molar refractivity (Wildman–Crippen MR) is 139 cm³/mol. The van der Waals surface area contributed by atoms with Gasteiger partial charge >= 0.3 is 6.03 Å². The first kappa shape index (κ1) is 27.4. The monoisotopic (exact) mass is 500 g/mol. The van der Waals surface area contributed by atoms with E-state index in [4.69, 9.17) is 9.47 Å². The number of hydrogen-bond acceptors (Lipinski definition) is 5. The van der Waals surface area contributed by atoms with Crippen molar-refractivity contribution in [1.29, 1.82) is 0 Å². The number of nitrogens with zero attached hydrogens (tertiary/aromatic N) is 2. The van der Waals surface area contributed by atoms with Crippen LogP contribution < -0.4 is 15.4 Å². The summed E-state index contributed by atoms with van der Waals surface area (Å²) < 4.78 is 25.8. The zero-order valence-corrected chi connectivity index (χ0v) is 21.7. The number of benzene rings is 2. The third kappa shape index (κ3) is 6.95. The second-order valence-corrected chi connectivity index (χ2v) is 9.36. The summed E-state index contributed by atoms with van der Waals surface area (Å²) in [5.74, 6) is -0.134. The van der Waals surface area contributed by atoms with Gasteiger partial charge in [0.05, 0.1) is 17.4 Å². The Kier molecular flexibility index (Phi) is 9.66. The standard InChI is InChI=1S/C27H37FN4O4/c1-6-13-32-15-18(2)25(35-5)16-31(4)26(33)21-14-20(11-12-24(21)36-17-19(32)3)29-27(34)30-23-10-8-7-9-22(23)28/h7-12,14,18-19,25H,6,13,15-17H2,1-5H3,(H2,29,30,34)/t18-,19+,25+/m0/s1. The van der Waals surface area contributed by atoms with Gasteiger partial charge < -0.3 is 25.0 Å². The summed E-state index contributed by atoms with van der Waals surface area (Å²) in [6, 6.07) is 10.3. The fourth-order valence-electron chi connectivity index (χ4n) is 4.38. The molecule has 0 fully saturated rings. The summed E-state index contributed by atoms with van der Waals surface area (Å²) in [4.78, 5) is 29.9. The molecule has 8 nitrogen and oxygen atoms in total. The summed E-state index contributed by atoms with van der Waals surface area (Å²) >= 11 is 0. The van der Waals surface area contributed by atoms with Gasteiger partial charge in [0.25, 0.3) is 5.91 Å². The Hall–Kier alpha value is -3.17. The van der Waals surface area contributed by atoms with Crippen LogP contribution in [0.2, 0.25) is 0 Å². The van der Waals surface area contributed by atoms with E-state index in [1.165, 1.54) is 12.1 Å². The van der Waals surface area contributed by atoms with Gasteiger partial charge in [-0.15, -0.1) is 0 Å². The number of likely N-dealkylation sites (N-methyl/N-ethyl adjacent to an activating group) is 1. The molecule has 0 aliphatic carbocycles. The van der Waals surface area contributed by atoms with Gasteiger partial charge in [0.1, 0.15) is 18.2 Å². The summed E-state index contributed by atoms with van der Waals surface area (Å²) in [6.07, 6.45) is 0.885. The Morgan fingerprint density at radius 3 is 2.61 bits per heavy atom. The molecule has 1 aliphatic rings. The van der Waals surface area contributed by atoms with Crippen LogP contribution in [0.5, 0.6) is 5.75 Å². The fraction of sp³-hybridized carbons (Fsp3) is 0.481. The number of rotatable bonds is 5. The summed E-state index contributed by atoms with van der Waals surface area (Å²) in [7, 11) is 3.40. The van der Waals surface area contributed by atoms with Gasteiger partial charge in [0.2, 0.25) is 0 Å². The molecule has 2 aromatic rings. The van der Waals surface area contributed by atoms with Gasteiger partial charge in [-0.05, 0) is 56.1 Å². The van der Waals surface area contributed by atoms with E-state index in [-0.39, 0.29) is 29.7 Å². The average molecular weight is 501 g/mol. The molecular formula is C27H37FN4O4. The number of nitrogens with one attached hydrogen (secondary N) is 2. The Morgan fingerprint density at radius 2 is 1.92 bits per heavy atom. The molecule has 2 aromatic carbocycles. The molecule has 0 bridgehead atoms. The fourth-order valence-corrected chi connectivity index (χ4v) is 4.38. The lowest BCUT2D eigenvalue weighted by molar-refractivity contribution is 0.0108. The molecule has 9 heteroatoms. The van der Waals surface area contributed by atoms with Crippen molar-refractivity contribution < 1.29 is 23.5 Å². The summed E-state index contributed by atoms with van der Waals surface area (Å²) in [5, 5.41) is 5.15. The number of anilines is 2. The van der Waals surface area contributed by atoms with Gasteiger partial charge in [0.15, 0.2) is 0 Å². The number of amides is 3. The summed E-state index contributed by atoms with van der Waals surface area (Å²) in [6.45, 7) is 9.01. The maximum absolute atomic E-state index is 13.9. The number of para-hydroxylation sites is 1. The van der Waals surface area contributed by atoms with E-state index in [9.17, 15) is 14.0 Å². The molecule has 3 rings (SSSR count). The molecule has 3 atom stereocenters. The molecule has 36 heavy (non-hydrogen) atoms. The smallest absolute Gasteiger partial charge is 0.323 e. The first-order valence-electron chi connectivity index (χ1n) is 12.3. The zero-order valence-electron chi connectivity index (χ0n) is 21.7. The van der Waals surface area contributed by atoms with Crippen molar-refractivity contribution >= 4 is 23.3 Å². The van der Waals surface area contributed by atoms with Crippen molar-refractivity contribution in [3.8, 4) is 5.75 Å². The molecule has 196 valence electrons. The van der Waals surface area contributed by atoms with Crippen LogP contribution in [0.4, 0.5) is 20.6 Å². The highest BCUT2D eigenvalue weighted by atomic mass is 19.1. The third-order valence-electron chi connectivity index (χ3n) is 6.46. The molecule has 0 aromatic heterocycles. The highest BCUT2D eigenvalue weighted by Crippen LogP contribution is 2.27. The van der Waals surface area contributed by atoms with Crippen molar-refractivity contribution in [2.75, 3.05) is 51.0 Å². The van der Waals surface area contributed by atoms with Crippen molar-refractivity contribution in [2.24, 2.45) is 5.92 Å². The molecule has 0 radical (unpaired) electrons. The van der Waals surface area contributed by atoms with Crippen LogP contribution in [0.1, 0.15) is 37.6 Å². The number of fused-ring (bicyclic) bond motifs is 1. The van der Waals surface area contributed by atoms with E-state index < -0.39 is 11.8 Å². The lowest BCUT2D eigenvalue weighted by atomic mass is 10.0.